The molecule has 1 aliphatic heterocycles. The molecule has 0 fully saturated rings. The SMILES string of the molecule is NC(=O)c1c(I)cc(I)cc1I.NC1=NC(=O)CC1.O=C(O)CCCC(=O)O.OCCO. The van der Waals surface area contributed by atoms with Crippen molar-refractivity contribution in [2.75, 3.05) is 13.2 Å². The average Bonchev–Trinajstić information content (AvgIpc) is 3.04. The van der Waals surface area contributed by atoms with E-state index in [4.69, 9.17) is 31.9 Å². The molecule has 2 rings (SSSR count). The second kappa shape index (κ2) is 19.4. The highest BCUT2D eigenvalue weighted by atomic mass is 127. The zero-order chi connectivity index (χ0) is 25.3. The molecule has 0 aromatic heterocycles. The zero-order valence-electron chi connectivity index (χ0n) is 16.8. The van der Waals surface area contributed by atoms with Crippen molar-refractivity contribution in [1.82, 2.24) is 0 Å². The second-order valence-corrected chi connectivity index (χ2v) is 9.26. The number of carbonyl (C=O) groups excluding carboxylic acids is 2. The number of aliphatic imine (C=N–C) groups is 1. The van der Waals surface area contributed by atoms with E-state index in [1.54, 1.807) is 0 Å². The topological polar surface area (TPSA) is 214 Å². The Labute approximate surface area is 225 Å². The van der Waals surface area contributed by atoms with Crippen LogP contribution < -0.4 is 11.5 Å². The van der Waals surface area contributed by atoms with E-state index in [-0.39, 0.29) is 44.3 Å². The van der Waals surface area contributed by atoms with Gasteiger partial charge >= 0.3 is 11.9 Å². The maximum absolute atomic E-state index is 11.0. The predicted molar refractivity (Wildman–Crippen MR) is 142 cm³/mol. The molecule has 11 nitrogen and oxygen atoms in total. The normalized spacial score (nSPS) is 11.5. The van der Waals surface area contributed by atoms with Crippen LogP contribution in [0, 0.1) is 10.7 Å². The van der Waals surface area contributed by atoms with E-state index in [9.17, 15) is 19.2 Å². The van der Waals surface area contributed by atoms with Crippen LogP contribution in [0.3, 0.4) is 0 Å². The highest BCUT2D eigenvalue weighted by Crippen LogP contribution is 2.21. The van der Waals surface area contributed by atoms with Crippen LogP contribution in [0.4, 0.5) is 0 Å². The Balaban J connectivity index is 0. The molecule has 180 valence electrons. The Hall–Kier alpha value is -1.12. The van der Waals surface area contributed by atoms with Crippen molar-refractivity contribution in [1.29, 1.82) is 0 Å². The van der Waals surface area contributed by atoms with E-state index in [1.165, 1.54) is 0 Å². The van der Waals surface area contributed by atoms with E-state index in [0.717, 1.165) is 10.7 Å². The number of aliphatic hydroxyl groups excluding tert-OH is 2. The van der Waals surface area contributed by atoms with Gasteiger partial charge in [0.15, 0.2) is 0 Å². The number of amidine groups is 1. The summed E-state index contributed by atoms with van der Waals surface area (Å²) in [5.41, 5.74) is 11.0. The number of benzene rings is 1. The van der Waals surface area contributed by atoms with Crippen LogP contribution in [0.25, 0.3) is 0 Å². The van der Waals surface area contributed by atoms with Crippen molar-refractivity contribution in [3.05, 3.63) is 28.4 Å². The lowest BCUT2D eigenvalue weighted by Gasteiger charge is -2.03. The second-order valence-electron chi connectivity index (χ2n) is 5.69. The highest BCUT2D eigenvalue weighted by molar-refractivity contribution is 14.1. The molecule has 0 saturated heterocycles. The van der Waals surface area contributed by atoms with Crippen LogP contribution >= 0.6 is 67.8 Å². The molecule has 8 N–H and O–H groups in total. The molecule has 1 aromatic rings. The molecule has 2 amide bonds. The number of hydrogen-bond donors (Lipinski definition) is 6. The fraction of sp³-hybridized carbons (Fsp3) is 0.389. The van der Waals surface area contributed by atoms with Crippen LogP contribution in [0.1, 0.15) is 42.5 Å². The van der Waals surface area contributed by atoms with Gasteiger partial charge in [-0.1, -0.05) is 0 Å². The fourth-order valence-corrected chi connectivity index (χ4v) is 5.79. The number of aliphatic carboxylic acids is 2. The van der Waals surface area contributed by atoms with Gasteiger partial charge in [-0.25, -0.2) is 4.99 Å². The maximum Gasteiger partial charge on any atom is 0.303 e. The first-order valence-corrected chi connectivity index (χ1v) is 12.0. The van der Waals surface area contributed by atoms with Crippen LogP contribution in [-0.2, 0) is 14.4 Å². The summed E-state index contributed by atoms with van der Waals surface area (Å²) < 4.78 is 2.94. The maximum atomic E-state index is 11.0. The summed E-state index contributed by atoms with van der Waals surface area (Å²) in [5, 5.41) is 31.3. The lowest BCUT2D eigenvalue weighted by Crippen LogP contribution is -2.14. The Morgan fingerprint density at radius 3 is 1.59 bits per heavy atom. The van der Waals surface area contributed by atoms with Crippen molar-refractivity contribution < 1.29 is 39.6 Å². The molecule has 0 spiro atoms. The van der Waals surface area contributed by atoms with Gasteiger partial charge in [0.25, 0.3) is 5.91 Å². The number of hydrogen-bond acceptors (Lipinski definition) is 7. The van der Waals surface area contributed by atoms with Crippen LogP contribution in [0.15, 0.2) is 17.1 Å². The zero-order valence-corrected chi connectivity index (χ0v) is 23.2. The van der Waals surface area contributed by atoms with E-state index < -0.39 is 11.9 Å². The van der Waals surface area contributed by atoms with Gasteiger partial charge in [0.2, 0.25) is 5.91 Å². The molecule has 0 atom stereocenters. The van der Waals surface area contributed by atoms with Crippen molar-refractivity contribution in [3.63, 3.8) is 0 Å². The molecule has 0 bridgehead atoms. The number of amides is 2. The van der Waals surface area contributed by atoms with Gasteiger partial charge in [-0.2, -0.15) is 0 Å². The molecule has 0 aliphatic carbocycles. The van der Waals surface area contributed by atoms with E-state index in [0.29, 0.717) is 24.2 Å². The smallest absolute Gasteiger partial charge is 0.303 e. The molecular weight excluding hydrogens is 767 g/mol. The van der Waals surface area contributed by atoms with Gasteiger partial charge in [-0.05, 0) is 86.3 Å². The van der Waals surface area contributed by atoms with Crippen molar-refractivity contribution in [3.8, 4) is 0 Å². The number of nitrogens with zero attached hydrogens (tertiary/aromatic N) is 1. The minimum absolute atomic E-state index is 0.0632. The summed E-state index contributed by atoms with van der Waals surface area (Å²) in [4.78, 5) is 44.2. The molecular formula is C18H24I3N3O8. The van der Waals surface area contributed by atoms with Crippen molar-refractivity contribution in [2.24, 2.45) is 16.5 Å². The molecule has 0 unspecified atom stereocenters. The average molecular weight is 791 g/mol. The van der Waals surface area contributed by atoms with Gasteiger partial charge in [0.05, 0.1) is 18.8 Å². The molecule has 0 radical (unpaired) electrons. The molecule has 0 saturated carbocycles. The fourth-order valence-electron chi connectivity index (χ4n) is 1.68. The number of nitrogens with two attached hydrogens (primary N) is 2. The van der Waals surface area contributed by atoms with Gasteiger partial charge in [0.1, 0.15) is 5.84 Å². The monoisotopic (exact) mass is 791 g/mol. The summed E-state index contributed by atoms with van der Waals surface area (Å²) in [6, 6.07) is 3.87. The molecule has 1 aliphatic rings. The predicted octanol–water partition coefficient (Wildman–Crippen LogP) is 1.56. The molecule has 14 heteroatoms. The minimum Gasteiger partial charge on any atom is -0.481 e. The summed E-state index contributed by atoms with van der Waals surface area (Å²) in [6.07, 6.45) is 1.24. The standard InChI is InChI=1S/C7H4I3NO.C5H8O4.C4H6N2O.C2H6O2/c8-3-1-4(9)6(7(11)12)5(10)2-3;6-4(7)2-1-3-5(8)9;5-3-1-2-4(7)6-3;3-1-2-4/h1-2H,(H2,11,12);1-3H2,(H,6,7)(H,8,9);1-2H2,(H2,5,6,7);3-4H,1-2H2. The summed E-state index contributed by atoms with van der Waals surface area (Å²) in [7, 11) is 0. The third kappa shape index (κ3) is 18.5. The van der Waals surface area contributed by atoms with E-state index in [1.807, 2.05) is 12.1 Å². The first kappa shape index (κ1) is 33.1. The summed E-state index contributed by atoms with van der Waals surface area (Å²) >= 11 is 6.44. The van der Waals surface area contributed by atoms with Gasteiger partial charge in [0, 0.05) is 36.4 Å². The lowest BCUT2D eigenvalue weighted by molar-refractivity contribution is -0.138. The van der Waals surface area contributed by atoms with E-state index >= 15 is 0 Å². The number of halogens is 3. The van der Waals surface area contributed by atoms with Crippen LogP contribution in [0.2, 0.25) is 0 Å². The Bertz CT molecular complexity index is 780. The summed E-state index contributed by atoms with van der Waals surface area (Å²) in [5.74, 6) is -1.87. The number of carboxylic acids is 2. The van der Waals surface area contributed by atoms with E-state index in [2.05, 4.69) is 72.8 Å². The van der Waals surface area contributed by atoms with Crippen LogP contribution in [-0.4, -0.2) is 63.2 Å². The van der Waals surface area contributed by atoms with Gasteiger partial charge in [-0.3, -0.25) is 19.2 Å². The number of rotatable bonds is 6. The number of carbonyl (C=O) groups is 4. The lowest BCUT2D eigenvalue weighted by atomic mass is 10.2. The third-order valence-corrected chi connectivity index (χ3v) is 5.32. The van der Waals surface area contributed by atoms with Crippen LogP contribution in [0.5, 0.6) is 0 Å². The van der Waals surface area contributed by atoms with Gasteiger partial charge in [-0.15, -0.1) is 0 Å². The number of primary amides is 1. The van der Waals surface area contributed by atoms with Crippen molar-refractivity contribution in [2.45, 2.75) is 32.1 Å². The minimum atomic E-state index is -0.948. The number of aliphatic hydroxyl groups is 2. The Kier molecular flexibility index (Phi) is 20.0. The first-order valence-electron chi connectivity index (χ1n) is 8.81. The van der Waals surface area contributed by atoms with Gasteiger partial charge < -0.3 is 31.9 Å². The largest absolute Gasteiger partial charge is 0.481 e. The highest BCUT2D eigenvalue weighted by Gasteiger charge is 2.11. The Morgan fingerprint density at radius 1 is 0.938 bits per heavy atom. The Morgan fingerprint density at radius 2 is 1.38 bits per heavy atom. The molecule has 1 aromatic carbocycles. The molecule has 1 heterocycles. The quantitative estimate of drug-likeness (QED) is 0.231. The number of carboxylic acid groups (broad SMARTS) is 2. The third-order valence-electron chi connectivity index (χ3n) is 3.00. The summed E-state index contributed by atoms with van der Waals surface area (Å²) in [6.45, 7) is -0.250. The van der Waals surface area contributed by atoms with Crippen molar-refractivity contribution >= 4 is 97.4 Å². The molecule has 32 heavy (non-hydrogen) atoms. The first-order chi connectivity index (χ1) is 14.8.